The van der Waals surface area contributed by atoms with Gasteiger partial charge < -0.3 is 11.5 Å². The Balaban J connectivity index is 2.20. The molecule has 1 fully saturated rings. The van der Waals surface area contributed by atoms with Gasteiger partial charge in [0.1, 0.15) is 0 Å². The molecule has 0 radical (unpaired) electrons. The number of amides is 1. The standard InChI is InChI=1S/C15H22BrN3O/c1-2-13(17)14(10-3-5-12(16)6-4-10)19-8-7-11(9-19)15(18)20/h3-6,11,13-14H,2,7-9,17H2,1H3,(H2,18,20). The maximum absolute atomic E-state index is 11.3. The Morgan fingerprint density at radius 3 is 2.60 bits per heavy atom. The van der Waals surface area contributed by atoms with Crippen LogP contribution in [0.4, 0.5) is 0 Å². The van der Waals surface area contributed by atoms with Crippen LogP contribution < -0.4 is 11.5 Å². The molecule has 0 spiro atoms. The summed E-state index contributed by atoms with van der Waals surface area (Å²) in [6.45, 7) is 3.68. The molecule has 1 amide bonds. The highest BCUT2D eigenvalue weighted by Crippen LogP contribution is 2.31. The van der Waals surface area contributed by atoms with Crippen LogP contribution in [0.2, 0.25) is 0 Å². The topological polar surface area (TPSA) is 72.3 Å². The highest BCUT2D eigenvalue weighted by atomic mass is 79.9. The molecule has 1 aliphatic heterocycles. The van der Waals surface area contributed by atoms with Crippen molar-refractivity contribution in [1.29, 1.82) is 0 Å². The Bertz CT molecular complexity index is 463. The van der Waals surface area contributed by atoms with Gasteiger partial charge in [0.05, 0.1) is 5.92 Å². The summed E-state index contributed by atoms with van der Waals surface area (Å²) in [5.74, 6) is -0.246. The molecule has 2 rings (SSSR count). The first kappa shape index (κ1) is 15.5. The largest absolute Gasteiger partial charge is 0.369 e. The molecule has 0 saturated carbocycles. The van der Waals surface area contributed by atoms with Crippen molar-refractivity contribution in [2.24, 2.45) is 17.4 Å². The third-order valence-corrected chi connectivity index (χ3v) is 4.63. The minimum atomic E-state index is -0.202. The maximum atomic E-state index is 11.3. The van der Waals surface area contributed by atoms with Crippen molar-refractivity contribution >= 4 is 21.8 Å². The van der Waals surface area contributed by atoms with Gasteiger partial charge in [-0.1, -0.05) is 35.0 Å². The molecule has 110 valence electrons. The predicted molar refractivity (Wildman–Crippen MR) is 84.0 cm³/mol. The van der Waals surface area contributed by atoms with Gasteiger partial charge in [0.15, 0.2) is 0 Å². The SMILES string of the molecule is CCC(N)C(c1ccc(Br)cc1)N1CCC(C(N)=O)C1. The first-order valence-corrected chi connectivity index (χ1v) is 7.86. The van der Waals surface area contributed by atoms with Crippen molar-refractivity contribution in [3.05, 3.63) is 34.3 Å². The lowest BCUT2D eigenvalue weighted by Crippen LogP contribution is -2.40. The van der Waals surface area contributed by atoms with E-state index in [1.807, 2.05) is 12.1 Å². The van der Waals surface area contributed by atoms with Gasteiger partial charge in [0.25, 0.3) is 0 Å². The average Bonchev–Trinajstić information content (AvgIpc) is 2.90. The number of carbonyl (C=O) groups excluding carboxylic acids is 1. The molecular weight excluding hydrogens is 318 g/mol. The number of nitrogens with two attached hydrogens (primary N) is 2. The Hall–Kier alpha value is -0.910. The summed E-state index contributed by atoms with van der Waals surface area (Å²) in [4.78, 5) is 13.6. The highest BCUT2D eigenvalue weighted by Gasteiger charge is 2.34. The number of carbonyl (C=O) groups is 1. The second-order valence-electron chi connectivity index (χ2n) is 5.45. The highest BCUT2D eigenvalue weighted by molar-refractivity contribution is 9.10. The second kappa shape index (κ2) is 6.70. The fourth-order valence-corrected chi connectivity index (χ4v) is 3.15. The first-order valence-electron chi connectivity index (χ1n) is 7.07. The van der Waals surface area contributed by atoms with Crippen molar-refractivity contribution in [1.82, 2.24) is 4.90 Å². The van der Waals surface area contributed by atoms with Gasteiger partial charge in [-0.3, -0.25) is 9.69 Å². The van der Waals surface area contributed by atoms with E-state index in [4.69, 9.17) is 11.5 Å². The van der Waals surface area contributed by atoms with E-state index in [-0.39, 0.29) is 23.9 Å². The Kier molecular flexibility index (Phi) is 5.18. The average molecular weight is 340 g/mol. The first-order chi connectivity index (χ1) is 9.52. The molecular formula is C15H22BrN3O. The van der Waals surface area contributed by atoms with Crippen molar-refractivity contribution in [3.8, 4) is 0 Å². The summed E-state index contributed by atoms with van der Waals surface area (Å²) < 4.78 is 1.06. The van der Waals surface area contributed by atoms with Crippen molar-refractivity contribution < 1.29 is 4.79 Å². The van der Waals surface area contributed by atoms with Gasteiger partial charge in [-0.05, 0) is 37.1 Å². The van der Waals surface area contributed by atoms with E-state index < -0.39 is 0 Å². The normalized spacial score (nSPS) is 22.6. The number of benzene rings is 1. The molecule has 5 heteroatoms. The third-order valence-electron chi connectivity index (χ3n) is 4.10. The van der Waals surface area contributed by atoms with Gasteiger partial charge in [-0.2, -0.15) is 0 Å². The Morgan fingerprint density at radius 2 is 2.10 bits per heavy atom. The lowest BCUT2D eigenvalue weighted by molar-refractivity contribution is -0.121. The van der Waals surface area contributed by atoms with Crippen LogP contribution in [-0.4, -0.2) is 29.9 Å². The summed E-state index contributed by atoms with van der Waals surface area (Å²) in [5, 5.41) is 0. The lowest BCUT2D eigenvalue weighted by atomic mass is 9.96. The number of likely N-dealkylation sites (tertiary alicyclic amines) is 1. The molecule has 1 saturated heterocycles. The minimum Gasteiger partial charge on any atom is -0.369 e. The Labute approximate surface area is 128 Å². The molecule has 20 heavy (non-hydrogen) atoms. The van der Waals surface area contributed by atoms with Crippen LogP contribution in [0, 0.1) is 5.92 Å². The zero-order chi connectivity index (χ0) is 14.7. The van der Waals surface area contributed by atoms with Crippen molar-refractivity contribution in [2.45, 2.75) is 31.8 Å². The van der Waals surface area contributed by atoms with E-state index in [9.17, 15) is 4.79 Å². The number of nitrogens with zero attached hydrogens (tertiary/aromatic N) is 1. The lowest BCUT2D eigenvalue weighted by Gasteiger charge is -2.32. The van der Waals surface area contributed by atoms with Crippen LogP contribution >= 0.6 is 15.9 Å². The second-order valence-corrected chi connectivity index (χ2v) is 6.37. The quantitative estimate of drug-likeness (QED) is 0.862. The number of rotatable bonds is 5. The monoisotopic (exact) mass is 339 g/mol. The summed E-state index contributed by atoms with van der Waals surface area (Å²) in [6, 6.07) is 8.47. The van der Waals surface area contributed by atoms with E-state index in [1.165, 1.54) is 5.56 Å². The van der Waals surface area contributed by atoms with E-state index in [0.717, 1.165) is 23.9 Å². The van der Waals surface area contributed by atoms with Crippen LogP contribution in [0.1, 0.15) is 31.4 Å². The summed E-state index contributed by atoms with van der Waals surface area (Å²) in [5.41, 5.74) is 12.9. The maximum Gasteiger partial charge on any atom is 0.221 e. The van der Waals surface area contributed by atoms with E-state index >= 15 is 0 Å². The van der Waals surface area contributed by atoms with Crippen LogP contribution in [0.3, 0.4) is 0 Å². The summed E-state index contributed by atoms with van der Waals surface area (Å²) >= 11 is 3.45. The fraction of sp³-hybridized carbons (Fsp3) is 0.533. The van der Waals surface area contributed by atoms with Gasteiger partial charge in [-0.15, -0.1) is 0 Å². The molecule has 1 aromatic rings. The van der Waals surface area contributed by atoms with Crippen LogP contribution in [-0.2, 0) is 4.79 Å². The third kappa shape index (κ3) is 3.40. The molecule has 1 aliphatic rings. The number of primary amides is 1. The summed E-state index contributed by atoms with van der Waals surface area (Å²) in [7, 11) is 0. The van der Waals surface area contributed by atoms with Gasteiger partial charge >= 0.3 is 0 Å². The van der Waals surface area contributed by atoms with Crippen LogP contribution in [0.5, 0.6) is 0 Å². The molecule has 0 aromatic heterocycles. The smallest absolute Gasteiger partial charge is 0.221 e. The van der Waals surface area contributed by atoms with Crippen LogP contribution in [0.25, 0.3) is 0 Å². The molecule has 3 atom stereocenters. The Morgan fingerprint density at radius 1 is 1.45 bits per heavy atom. The molecule has 3 unspecified atom stereocenters. The summed E-state index contributed by atoms with van der Waals surface area (Å²) in [6.07, 6.45) is 1.73. The molecule has 4 nitrogen and oxygen atoms in total. The molecule has 0 bridgehead atoms. The zero-order valence-electron chi connectivity index (χ0n) is 11.8. The minimum absolute atomic E-state index is 0.0444. The van der Waals surface area contributed by atoms with E-state index in [1.54, 1.807) is 0 Å². The van der Waals surface area contributed by atoms with Gasteiger partial charge in [0.2, 0.25) is 5.91 Å². The zero-order valence-corrected chi connectivity index (χ0v) is 13.3. The van der Waals surface area contributed by atoms with Crippen molar-refractivity contribution in [2.75, 3.05) is 13.1 Å². The molecule has 4 N–H and O–H groups in total. The van der Waals surface area contributed by atoms with Crippen LogP contribution in [0.15, 0.2) is 28.7 Å². The molecule has 1 aromatic carbocycles. The number of hydrogen-bond donors (Lipinski definition) is 2. The predicted octanol–water partition coefficient (Wildman–Crippen LogP) is 2.03. The fourth-order valence-electron chi connectivity index (χ4n) is 2.88. The van der Waals surface area contributed by atoms with Crippen molar-refractivity contribution in [3.63, 3.8) is 0 Å². The molecule has 0 aliphatic carbocycles. The van der Waals surface area contributed by atoms with Gasteiger partial charge in [-0.25, -0.2) is 0 Å². The number of hydrogen-bond acceptors (Lipinski definition) is 3. The number of halogens is 1. The molecule has 1 heterocycles. The van der Waals surface area contributed by atoms with E-state index in [0.29, 0.717) is 6.54 Å². The van der Waals surface area contributed by atoms with Gasteiger partial charge in [0, 0.05) is 23.1 Å². The van der Waals surface area contributed by atoms with E-state index in [2.05, 4.69) is 39.9 Å².